The third-order valence-electron chi connectivity index (χ3n) is 3.72. The number of nitrogens with one attached hydrogen (secondary N) is 1. The number of amides is 2. The summed E-state index contributed by atoms with van der Waals surface area (Å²) in [6.45, 7) is 3.50. The topological polar surface area (TPSA) is 76.6 Å². The Morgan fingerprint density at radius 1 is 1.32 bits per heavy atom. The predicted molar refractivity (Wildman–Crippen MR) is 89.2 cm³/mol. The monoisotopic (exact) mass is 346 g/mol. The third kappa shape index (κ3) is 4.56. The summed E-state index contributed by atoms with van der Waals surface area (Å²) in [5.74, 6) is 0.240. The molecular formula is C17H19FN4O3. The largest absolute Gasteiger partial charge is 0.494 e. The van der Waals surface area contributed by atoms with E-state index in [-0.39, 0.29) is 18.1 Å². The summed E-state index contributed by atoms with van der Waals surface area (Å²) in [5.41, 5.74) is 0.694. The van der Waals surface area contributed by atoms with Crippen LogP contribution >= 0.6 is 0 Å². The number of aromatic nitrogens is 2. The van der Waals surface area contributed by atoms with Gasteiger partial charge < -0.3 is 19.7 Å². The molecule has 2 heterocycles. The smallest absolute Gasteiger partial charge is 0.321 e. The van der Waals surface area contributed by atoms with E-state index in [2.05, 4.69) is 15.3 Å². The SMILES string of the molecule is CCOc1ccc(NC(=O)N2CC[C@H](Oc3ncc(F)cn3)C2)cc1. The zero-order chi connectivity index (χ0) is 17.6. The fourth-order valence-electron chi connectivity index (χ4n) is 2.52. The first-order chi connectivity index (χ1) is 12.1. The molecule has 3 rings (SSSR count). The van der Waals surface area contributed by atoms with Gasteiger partial charge in [0, 0.05) is 18.7 Å². The number of nitrogens with zero attached hydrogens (tertiary/aromatic N) is 3. The Kier molecular flexibility index (Phi) is 5.27. The molecule has 1 fully saturated rings. The van der Waals surface area contributed by atoms with Gasteiger partial charge in [0.05, 0.1) is 25.5 Å². The fraction of sp³-hybridized carbons (Fsp3) is 0.353. The van der Waals surface area contributed by atoms with Gasteiger partial charge >= 0.3 is 12.0 Å². The zero-order valence-electron chi connectivity index (χ0n) is 13.8. The highest BCUT2D eigenvalue weighted by Gasteiger charge is 2.28. The molecule has 0 radical (unpaired) electrons. The number of rotatable bonds is 5. The van der Waals surface area contributed by atoms with Gasteiger partial charge in [0.2, 0.25) is 0 Å². The first kappa shape index (κ1) is 16.9. The minimum absolute atomic E-state index is 0.111. The molecule has 7 nitrogen and oxygen atoms in total. The molecule has 0 spiro atoms. The molecule has 1 aliphatic heterocycles. The van der Waals surface area contributed by atoms with Crippen LogP contribution in [0.4, 0.5) is 14.9 Å². The Hall–Kier alpha value is -2.90. The van der Waals surface area contributed by atoms with Crippen LogP contribution in [0.5, 0.6) is 11.8 Å². The second-order valence-electron chi connectivity index (χ2n) is 5.55. The van der Waals surface area contributed by atoms with E-state index in [1.807, 2.05) is 6.92 Å². The van der Waals surface area contributed by atoms with Crippen molar-refractivity contribution in [3.8, 4) is 11.8 Å². The number of benzene rings is 1. The van der Waals surface area contributed by atoms with Crippen molar-refractivity contribution in [3.05, 3.63) is 42.5 Å². The molecule has 0 aliphatic carbocycles. The van der Waals surface area contributed by atoms with E-state index in [0.29, 0.717) is 31.8 Å². The summed E-state index contributed by atoms with van der Waals surface area (Å²) in [6, 6.07) is 7.11. The van der Waals surface area contributed by atoms with E-state index in [1.54, 1.807) is 29.2 Å². The van der Waals surface area contributed by atoms with Gasteiger partial charge in [-0.15, -0.1) is 0 Å². The average molecular weight is 346 g/mol. The molecule has 0 unspecified atom stereocenters. The van der Waals surface area contributed by atoms with Crippen LogP contribution < -0.4 is 14.8 Å². The Morgan fingerprint density at radius 3 is 2.72 bits per heavy atom. The van der Waals surface area contributed by atoms with Crippen LogP contribution in [0.25, 0.3) is 0 Å². The number of ether oxygens (including phenoxy) is 2. The Bertz CT molecular complexity index is 709. The second kappa shape index (κ2) is 7.78. The van der Waals surface area contributed by atoms with Crippen molar-refractivity contribution < 1.29 is 18.7 Å². The lowest BCUT2D eigenvalue weighted by Crippen LogP contribution is -2.34. The van der Waals surface area contributed by atoms with Crippen molar-refractivity contribution in [2.45, 2.75) is 19.4 Å². The molecule has 1 aliphatic rings. The lowest BCUT2D eigenvalue weighted by Gasteiger charge is -2.17. The maximum absolute atomic E-state index is 12.8. The fourth-order valence-corrected chi connectivity index (χ4v) is 2.52. The minimum atomic E-state index is -0.518. The normalized spacial score (nSPS) is 16.6. The molecule has 1 saturated heterocycles. The highest BCUT2D eigenvalue weighted by molar-refractivity contribution is 5.89. The molecule has 0 saturated carbocycles. The molecule has 2 aromatic rings. The maximum Gasteiger partial charge on any atom is 0.321 e. The van der Waals surface area contributed by atoms with Gasteiger partial charge in [-0.3, -0.25) is 0 Å². The molecule has 2 amide bonds. The van der Waals surface area contributed by atoms with Crippen LogP contribution in [0.15, 0.2) is 36.7 Å². The van der Waals surface area contributed by atoms with E-state index in [4.69, 9.17) is 9.47 Å². The summed E-state index contributed by atoms with van der Waals surface area (Å²) in [5, 5.41) is 2.84. The van der Waals surface area contributed by atoms with E-state index < -0.39 is 5.82 Å². The van der Waals surface area contributed by atoms with Gasteiger partial charge in [0.1, 0.15) is 11.9 Å². The summed E-state index contributed by atoms with van der Waals surface area (Å²) < 4.78 is 23.7. The summed E-state index contributed by atoms with van der Waals surface area (Å²) in [6.07, 6.45) is 2.55. The molecule has 1 atom stereocenters. The zero-order valence-corrected chi connectivity index (χ0v) is 13.8. The van der Waals surface area contributed by atoms with Crippen molar-refractivity contribution in [3.63, 3.8) is 0 Å². The van der Waals surface area contributed by atoms with Crippen LogP contribution in [-0.4, -0.2) is 46.7 Å². The van der Waals surface area contributed by atoms with Crippen molar-refractivity contribution in [2.75, 3.05) is 25.0 Å². The van der Waals surface area contributed by atoms with E-state index in [0.717, 1.165) is 18.1 Å². The molecule has 132 valence electrons. The molecule has 1 N–H and O–H groups in total. The third-order valence-corrected chi connectivity index (χ3v) is 3.72. The number of likely N-dealkylation sites (tertiary alicyclic amines) is 1. The summed E-state index contributed by atoms with van der Waals surface area (Å²) >= 11 is 0. The van der Waals surface area contributed by atoms with Crippen molar-refractivity contribution in [1.29, 1.82) is 0 Å². The molecule has 25 heavy (non-hydrogen) atoms. The van der Waals surface area contributed by atoms with Gasteiger partial charge in [-0.05, 0) is 31.2 Å². The number of carbonyl (C=O) groups excluding carboxylic acids is 1. The molecule has 0 bridgehead atoms. The number of carbonyl (C=O) groups is 1. The summed E-state index contributed by atoms with van der Waals surface area (Å²) in [4.78, 5) is 21.5. The van der Waals surface area contributed by atoms with Crippen LogP contribution in [0.2, 0.25) is 0 Å². The first-order valence-corrected chi connectivity index (χ1v) is 8.07. The highest BCUT2D eigenvalue weighted by Crippen LogP contribution is 2.19. The Balaban J connectivity index is 1.50. The van der Waals surface area contributed by atoms with Crippen molar-refractivity contribution in [2.24, 2.45) is 0 Å². The lowest BCUT2D eigenvalue weighted by atomic mass is 10.3. The first-order valence-electron chi connectivity index (χ1n) is 8.07. The number of urea groups is 1. The minimum Gasteiger partial charge on any atom is -0.494 e. The van der Waals surface area contributed by atoms with Gasteiger partial charge in [-0.1, -0.05) is 0 Å². The van der Waals surface area contributed by atoms with E-state index in [1.165, 1.54) is 0 Å². The number of anilines is 1. The lowest BCUT2D eigenvalue weighted by molar-refractivity contribution is 0.183. The van der Waals surface area contributed by atoms with Crippen LogP contribution in [0.3, 0.4) is 0 Å². The molecule has 8 heteroatoms. The predicted octanol–water partition coefficient (Wildman–Crippen LogP) is 2.70. The van der Waals surface area contributed by atoms with E-state index >= 15 is 0 Å². The maximum atomic E-state index is 12.8. The standard InChI is InChI=1S/C17H19FN4O3/c1-2-24-14-5-3-13(4-6-14)21-17(23)22-8-7-15(11-22)25-16-19-9-12(18)10-20-16/h3-6,9-10,15H,2,7-8,11H2,1H3,(H,21,23)/t15-/m0/s1. The van der Waals surface area contributed by atoms with E-state index in [9.17, 15) is 9.18 Å². The van der Waals surface area contributed by atoms with Gasteiger partial charge in [0.15, 0.2) is 5.82 Å². The quantitative estimate of drug-likeness (QED) is 0.901. The second-order valence-corrected chi connectivity index (χ2v) is 5.55. The summed E-state index contributed by atoms with van der Waals surface area (Å²) in [7, 11) is 0. The Morgan fingerprint density at radius 2 is 2.04 bits per heavy atom. The van der Waals surface area contributed by atoms with Crippen molar-refractivity contribution >= 4 is 11.7 Å². The highest BCUT2D eigenvalue weighted by atomic mass is 19.1. The van der Waals surface area contributed by atoms with Crippen LogP contribution in [-0.2, 0) is 0 Å². The molecular weight excluding hydrogens is 327 g/mol. The number of hydrogen-bond donors (Lipinski definition) is 1. The van der Waals surface area contributed by atoms with Gasteiger partial charge in [0.25, 0.3) is 0 Å². The van der Waals surface area contributed by atoms with Gasteiger partial charge in [-0.2, -0.15) is 0 Å². The number of hydrogen-bond acceptors (Lipinski definition) is 5. The van der Waals surface area contributed by atoms with Crippen molar-refractivity contribution in [1.82, 2.24) is 14.9 Å². The molecule has 1 aromatic carbocycles. The number of halogens is 1. The Labute approximate surface area is 144 Å². The van der Waals surface area contributed by atoms with Gasteiger partial charge in [-0.25, -0.2) is 19.2 Å². The van der Waals surface area contributed by atoms with Crippen LogP contribution in [0, 0.1) is 5.82 Å². The average Bonchev–Trinajstić information content (AvgIpc) is 3.08. The molecule has 1 aromatic heterocycles. The van der Waals surface area contributed by atoms with Crippen LogP contribution in [0.1, 0.15) is 13.3 Å².